The molecule has 0 saturated carbocycles. The predicted octanol–water partition coefficient (Wildman–Crippen LogP) is 5.31. The lowest BCUT2D eigenvalue weighted by Gasteiger charge is -2.22. The first-order valence-corrected chi connectivity index (χ1v) is 13.7. The molecule has 174 valence electrons. The van der Waals surface area contributed by atoms with E-state index in [1.54, 1.807) is 13.1 Å². The summed E-state index contributed by atoms with van der Waals surface area (Å²) in [6.45, 7) is 0.799. The first kappa shape index (κ1) is 25.0. The van der Waals surface area contributed by atoms with Crippen molar-refractivity contribution in [3.8, 4) is 0 Å². The Kier molecular flexibility index (Phi) is 8.95. The van der Waals surface area contributed by atoms with Gasteiger partial charge in [0.2, 0.25) is 0 Å². The fraction of sp³-hybridized carbons (Fsp3) is 0.458. The summed E-state index contributed by atoms with van der Waals surface area (Å²) in [6.07, 6.45) is 7.42. The number of carbonyl (C=O) groups is 1. The summed E-state index contributed by atoms with van der Waals surface area (Å²) in [7, 11) is -2.01. The number of fused-ring (bicyclic) bond motifs is 2. The van der Waals surface area contributed by atoms with E-state index in [2.05, 4.69) is 27.9 Å². The predicted molar refractivity (Wildman–Crippen MR) is 136 cm³/mol. The van der Waals surface area contributed by atoms with Crippen LogP contribution in [0, 0.1) is 3.57 Å². The molecule has 2 N–H and O–H groups in total. The molecule has 0 saturated heterocycles. The van der Waals surface area contributed by atoms with Crippen molar-refractivity contribution in [2.75, 3.05) is 17.9 Å². The van der Waals surface area contributed by atoms with Crippen LogP contribution in [0.3, 0.4) is 0 Å². The van der Waals surface area contributed by atoms with Gasteiger partial charge in [-0.2, -0.15) is 0 Å². The van der Waals surface area contributed by atoms with Crippen LogP contribution in [0.5, 0.6) is 0 Å². The van der Waals surface area contributed by atoms with E-state index in [0.29, 0.717) is 10.6 Å². The van der Waals surface area contributed by atoms with Crippen molar-refractivity contribution < 1.29 is 18.3 Å². The van der Waals surface area contributed by atoms with Crippen LogP contribution in [0.15, 0.2) is 47.4 Å². The summed E-state index contributed by atoms with van der Waals surface area (Å²) >= 11 is 2.16. The number of unbranched alkanes of at least 4 members (excludes halogenated alkanes) is 6. The van der Waals surface area contributed by atoms with Gasteiger partial charge in [0.1, 0.15) is 0 Å². The molecule has 6 nitrogen and oxygen atoms in total. The van der Waals surface area contributed by atoms with E-state index in [1.165, 1.54) is 4.31 Å². The Hall–Kier alpha value is -1.65. The van der Waals surface area contributed by atoms with E-state index in [4.69, 9.17) is 5.11 Å². The van der Waals surface area contributed by atoms with Gasteiger partial charge in [-0.1, -0.05) is 56.4 Å². The van der Waals surface area contributed by atoms with Gasteiger partial charge in [0.05, 0.1) is 16.6 Å². The Morgan fingerprint density at radius 3 is 2.38 bits per heavy atom. The van der Waals surface area contributed by atoms with Gasteiger partial charge in [-0.15, -0.1) is 0 Å². The molecule has 1 heterocycles. The van der Waals surface area contributed by atoms with E-state index >= 15 is 0 Å². The second kappa shape index (κ2) is 11.5. The molecule has 2 aromatic rings. The van der Waals surface area contributed by atoms with Gasteiger partial charge in [-0.3, -0.25) is 9.10 Å². The maximum atomic E-state index is 13.3. The number of nitrogens with zero attached hydrogens (tertiary/aromatic N) is 1. The molecule has 0 aliphatic carbocycles. The number of sulfonamides is 1. The Morgan fingerprint density at radius 2 is 1.66 bits per heavy atom. The van der Waals surface area contributed by atoms with Gasteiger partial charge in [0.25, 0.3) is 10.0 Å². The molecule has 32 heavy (non-hydrogen) atoms. The van der Waals surface area contributed by atoms with E-state index in [0.717, 1.165) is 66.2 Å². The monoisotopic (exact) mass is 570 g/mol. The zero-order chi connectivity index (χ0) is 23.1. The Balaban J connectivity index is 1.64. The molecule has 0 fully saturated rings. The number of benzene rings is 2. The first-order valence-electron chi connectivity index (χ1n) is 11.1. The highest BCUT2D eigenvalue weighted by molar-refractivity contribution is 14.1. The van der Waals surface area contributed by atoms with Crippen LogP contribution >= 0.6 is 22.6 Å². The Labute approximate surface area is 204 Å². The molecule has 1 aliphatic heterocycles. The maximum Gasteiger partial charge on any atom is 0.303 e. The number of nitrogens with one attached hydrogen (secondary N) is 1. The molecule has 0 bridgehead atoms. The van der Waals surface area contributed by atoms with Gasteiger partial charge in [0.15, 0.2) is 0 Å². The largest absolute Gasteiger partial charge is 0.481 e. The van der Waals surface area contributed by atoms with E-state index in [-0.39, 0.29) is 12.5 Å². The van der Waals surface area contributed by atoms with Gasteiger partial charge in [-0.25, -0.2) is 8.42 Å². The van der Waals surface area contributed by atoms with Gasteiger partial charge < -0.3 is 10.4 Å². The van der Waals surface area contributed by atoms with Crippen LogP contribution in [0.2, 0.25) is 0 Å². The van der Waals surface area contributed by atoms with Crippen molar-refractivity contribution in [3.63, 3.8) is 0 Å². The van der Waals surface area contributed by atoms with Gasteiger partial charge >= 0.3 is 5.97 Å². The minimum atomic E-state index is -3.63. The molecule has 1 unspecified atom stereocenters. The fourth-order valence-corrected chi connectivity index (χ4v) is 6.37. The lowest BCUT2D eigenvalue weighted by atomic mass is 9.96. The van der Waals surface area contributed by atoms with Crippen molar-refractivity contribution in [1.29, 1.82) is 0 Å². The van der Waals surface area contributed by atoms with Crippen molar-refractivity contribution in [3.05, 3.63) is 57.2 Å². The van der Waals surface area contributed by atoms with Crippen LogP contribution < -0.4 is 9.62 Å². The minimum Gasteiger partial charge on any atom is -0.481 e. The standard InChI is InChI=1S/C24H31IN2O4S/c1-27-21-12-9-8-11-19(21)24(20-15-14-18(25)17-22(20)32(27,30)31)26-16-10-6-4-2-3-5-7-13-23(28)29/h8-9,11-12,14-15,17,24,26H,2-7,10,13,16H2,1H3,(H,28,29). The summed E-state index contributed by atoms with van der Waals surface area (Å²) in [4.78, 5) is 10.9. The highest BCUT2D eigenvalue weighted by Crippen LogP contribution is 2.40. The molecule has 1 aliphatic rings. The summed E-state index contributed by atoms with van der Waals surface area (Å²) in [6, 6.07) is 13.2. The Bertz CT molecular complexity index is 1040. The number of rotatable bonds is 11. The van der Waals surface area contributed by atoms with Gasteiger partial charge in [0, 0.05) is 17.0 Å². The van der Waals surface area contributed by atoms with Gasteiger partial charge in [-0.05, 0) is 71.3 Å². The molecular weight excluding hydrogens is 539 g/mol. The lowest BCUT2D eigenvalue weighted by molar-refractivity contribution is -0.137. The zero-order valence-electron chi connectivity index (χ0n) is 18.4. The number of hydrogen-bond acceptors (Lipinski definition) is 4. The van der Waals surface area contributed by atoms with Crippen molar-refractivity contribution >= 4 is 44.3 Å². The topological polar surface area (TPSA) is 86.7 Å². The number of carboxylic acids is 1. The van der Waals surface area contributed by atoms with E-state index in [9.17, 15) is 13.2 Å². The highest BCUT2D eigenvalue weighted by Gasteiger charge is 2.34. The van der Waals surface area contributed by atoms with Crippen LogP contribution in [-0.2, 0) is 14.8 Å². The second-order valence-electron chi connectivity index (χ2n) is 8.22. The molecule has 3 rings (SSSR count). The molecule has 2 aromatic carbocycles. The average molecular weight is 570 g/mol. The minimum absolute atomic E-state index is 0.186. The first-order chi connectivity index (χ1) is 15.3. The lowest BCUT2D eigenvalue weighted by Crippen LogP contribution is -2.26. The third-order valence-corrected chi connectivity index (χ3v) is 8.43. The number of halogens is 1. The van der Waals surface area contributed by atoms with Crippen LogP contribution in [-0.4, -0.2) is 33.1 Å². The van der Waals surface area contributed by atoms with Crippen LogP contribution in [0.1, 0.15) is 68.5 Å². The SMILES string of the molecule is CN1c2ccccc2C(NCCCCCCCCCC(=O)O)c2ccc(I)cc2S1(=O)=O. The third kappa shape index (κ3) is 6.02. The fourth-order valence-electron chi connectivity index (χ4n) is 4.18. The molecule has 0 amide bonds. The maximum absolute atomic E-state index is 13.3. The number of hydrogen-bond donors (Lipinski definition) is 2. The molecule has 1 atom stereocenters. The zero-order valence-corrected chi connectivity index (χ0v) is 21.4. The molecule has 0 radical (unpaired) electrons. The number of carboxylic acid groups (broad SMARTS) is 1. The molecule has 0 spiro atoms. The summed E-state index contributed by atoms with van der Waals surface area (Å²) in [5.74, 6) is -0.716. The highest BCUT2D eigenvalue weighted by atomic mass is 127. The molecule has 0 aromatic heterocycles. The molecule has 8 heteroatoms. The Morgan fingerprint density at radius 1 is 1.00 bits per heavy atom. The van der Waals surface area contributed by atoms with Crippen molar-refractivity contribution in [2.45, 2.75) is 62.3 Å². The number of aliphatic carboxylic acids is 1. The van der Waals surface area contributed by atoms with Crippen molar-refractivity contribution in [2.24, 2.45) is 0 Å². The number of anilines is 1. The summed E-state index contributed by atoms with van der Waals surface area (Å²) < 4.78 is 28.9. The summed E-state index contributed by atoms with van der Waals surface area (Å²) in [5.41, 5.74) is 2.47. The second-order valence-corrected chi connectivity index (χ2v) is 11.4. The van der Waals surface area contributed by atoms with Crippen molar-refractivity contribution in [1.82, 2.24) is 5.32 Å². The smallest absolute Gasteiger partial charge is 0.303 e. The summed E-state index contributed by atoms with van der Waals surface area (Å²) in [5, 5.41) is 12.3. The average Bonchev–Trinajstić information content (AvgIpc) is 2.83. The van der Waals surface area contributed by atoms with Crippen LogP contribution in [0.4, 0.5) is 5.69 Å². The number of para-hydroxylation sites is 1. The normalized spacial score (nSPS) is 16.8. The van der Waals surface area contributed by atoms with E-state index < -0.39 is 16.0 Å². The molecular formula is C24H31IN2O4S. The quantitative estimate of drug-likeness (QED) is 0.283. The third-order valence-electron chi connectivity index (χ3n) is 5.93. The van der Waals surface area contributed by atoms with Crippen LogP contribution in [0.25, 0.3) is 0 Å². The van der Waals surface area contributed by atoms with E-state index in [1.807, 2.05) is 36.4 Å².